The van der Waals surface area contributed by atoms with Crippen LogP contribution >= 0.6 is 0 Å². The van der Waals surface area contributed by atoms with Crippen molar-refractivity contribution in [2.45, 2.75) is 19.8 Å². The van der Waals surface area contributed by atoms with Crippen molar-refractivity contribution in [2.24, 2.45) is 5.92 Å². The lowest BCUT2D eigenvalue weighted by Crippen LogP contribution is -2.10. The lowest BCUT2D eigenvalue weighted by Gasteiger charge is -2.07. The van der Waals surface area contributed by atoms with Crippen molar-refractivity contribution in [3.05, 3.63) is 42.8 Å². The normalized spacial score (nSPS) is 12.5. The zero-order valence-electron chi connectivity index (χ0n) is 7.99. The van der Waals surface area contributed by atoms with Crippen LogP contribution in [0.25, 0.3) is 0 Å². The van der Waals surface area contributed by atoms with Crippen LogP contribution in [0, 0.1) is 12.8 Å². The van der Waals surface area contributed by atoms with Gasteiger partial charge in [0.15, 0.2) is 5.78 Å². The number of rotatable bonds is 4. The minimum atomic E-state index is -0.0904. The van der Waals surface area contributed by atoms with Gasteiger partial charge < -0.3 is 0 Å². The van der Waals surface area contributed by atoms with Crippen LogP contribution in [0.3, 0.4) is 0 Å². The summed E-state index contributed by atoms with van der Waals surface area (Å²) in [6.45, 7) is 5.92. The molecule has 69 valence electrons. The van der Waals surface area contributed by atoms with Crippen LogP contribution in [-0.4, -0.2) is 5.78 Å². The highest BCUT2D eigenvalue weighted by molar-refractivity contribution is 5.98. The summed E-state index contributed by atoms with van der Waals surface area (Å²) in [6, 6.07) is 9.36. The van der Waals surface area contributed by atoms with E-state index >= 15 is 0 Å². The van der Waals surface area contributed by atoms with Crippen molar-refractivity contribution in [3.8, 4) is 0 Å². The SMILES string of the molecule is [CH2]C(CCC)C(=O)c1ccccc1. The molecule has 1 aromatic rings. The molecular formula is C12H15O. The van der Waals surface area contributed by atoms with Crippen LogP contribution in [0.2, 0.25) is 0 Å². The van der Waals surface area contributed by atoms with E-state index in [9.17, 15) is 4.79 Å². The number of carbonyl (C=O) groups excluding carboxylic acids is 1. The van der Waals surface area contributed by atoms with Crippen LogP contribution in [0.15, 0.2) is 30.3 Å². The molecular weight excluding hydrogens is 160 g/mol. The van der Waals surface area contributed by atoms with Gasteiger partial charge in [-0.25, -0.2) is 0 Å². The first-order valence-corrected chi connectivity index (χ1v) is 4.68. The molecule has 0 amide bonds. The molecule has 1 atom stereocenters. The summed E-state index contributed by atoms with van der Waals surface area (Å²) >= 11 is 0. The average molecular weight is 175 g/mol. The molecule has 0 spiro atoms. The number of benzene rings is 1. The van der Waals surface area contributed by atoms with Crippen molar-refractivity contribution >= 4 is 5.78 Å². The Balaban J connectivity index is 2.68. The van der Waals surface area contributed by atoms with E-state index in [4.69, 9.17) is 0 Å². The summed E-state index contributed by atoms with van der Waals surface area (Å²) in [5, 5.41) is 0. The van der Waals surface area contributed by atoms with Gasteiger partial charge in [-0.05, 0) is 13.3 Å². The molecule has 0 bridgehead atoms. The smallest absolute Gasteiger partial charge is 0.165 e. The minimum absolute atomic E-state index is 0.0904. The zero-order valence-corrected chi connectivity index (χ0v) is 7.99. The van der Waals surface area contributed by atoms with Crippen molar-refractivity contribution in [1.29, 1.82) is 0 Å². The molecule has 0 fully saturated rings. The monoisotopic (exact) mass is 175 g/mol. The molecule has 0 heterocycles. The van der Waals surface area contributed by atoms with Crippen LogP contribution < -0.4 is 0 Å². The van der Waals surface area contributed by atoms with E-state index in [-0.39, 0.29) is 11.7 Å². The van der Waals surface area contributed by atoms with Gasteiger partial charge in [0, 0.05) is 11.5 Å². The summed E-state index contributed by atoms with van der Waals surface area (Å²) < 4.78 is 0. The Kier molecular flexibility index (Phi) is 3.69. The van der Waals surface area contributed by atoms with E-state index in [2.05, 4.69) is 13.8 Å². The highest BCUT2D eigenvalue weighted by Gasteiger charge is 2.13. The third-order valence-corrected chi connectivity index (χ3v) is 2.07. The van der Waals surface area contributed by atoms with Crippen LogP contribution in [0.1, 0.15) is 30.1 Å². The quantitative estimate of drug-likeness (QED) is 0.642. The van der Waals surface area contributed by atoms with Gasteiger partial charge in [-0.3, -0.25) is 4.79 Å². The van der Waals surface area contributed by atoms with Crippen molar-refractivity contribution < 1.29 is 4.79 Å². The lowest BCUT2D eigenvalue weighted by molar-refractivity contribution is 0.0938. The fraction of sp³-hybridized carbons (Fsp3) is 0.333. The molecule has 0 aliphatic rings. The number of hydrogen-bond donors (Lipinski definition) is 0. The second-order valence-corrected chi connectivity index (χ2v) is 3.22. The fourth-order valence-electron chi connectivity index (χ4n) is 1.32. The van der Waals surface area contributed by atoms with Gasteiger partial charge in [0.2, 0.25) is 0 Å². The van der Waals surface area contributed by atoms with Gasteiger partial charge in [0.25, 0.3) is 0 Å². The Morgan fingerprint density at radius 3 is 2.54 bits per heavy atom. The van der Waals surface area contributed by atoms with Crippen LogP contribution in [0.5, 0.6) is 0 Å². The van der Waals surface area contributed by atoms with Crippen LogP contribution in [0.4, 0.5) is 0 Å². The van der Waals surface area contributed by atoms with E-state index in [0.29, 0.717) is 0 Å². The van der Waals surface area contributed by atoms with Crippen molar-refractivity contribution in [2.75, 3.05) is 0 Å². The zero-order chi connectivity index (χ0) is 9.68. The van der Waals surface area contributed by atoms with Gasteiger partial charge >= 0.3 is 0 Å². The Labute approximate surface area is 79.8 Å². The fourth-order valence-corrected chi connectivity index (χ4v) is 1.32. The standard InChI is InChI=1S/C12H15O/c1-3-7-10(2)12(13)11-8-5-4-6-9-11/h4-6,8-10H,2-3,7H2,1H3. The molecule has 1 rings (SSSR count). The second-order valence-electron chi connectivity index (χ2n) is 3.22. The van der Waals surface area contributed by atoms with Gasteiger partial charge in [-0.2, -0.15) is 0 Å². The van der Waals surface area contributed by atoms with Crippen molar-refractivity contribution in [1.82, 2.24) is 0 Å². The molecule has 0 saturated carbocycles. The minimum Gasteiger partial charge on any atom is -0.294 e. The van der Waals surface area contributed by atoms with E-state index in [0.717, 1.165) is 18.4 Å². The molecule has 0 aliphatic heterocycles. The third-order valence-electron chi connectivity index (χ3n) is 2.07. The highest BCUT2D eigenvalue weighted by Crippen LogP contribution is 2.12. The Bertz CT molecular complexity index is 264. The predicted molar refractivity (Wildman–Crippen MR) is 54.5 cm³/mol. The van der Waals surface area contributed by atoms with Gasteiger partial charge in [0.1, 0.15) is 0 Å². The molecule has 1 aromatic carbocycles. The molecule has 0 saturated heterocycles. The van der Waals surface area contributed by atoms with Gasteiger partial charge in [0.05, 0.1) is 0 Å². The first-order valence-electron chi connectivity index (χ1n) is 4.68. The summed E-state index contributed by atoms with van der Waals surface area (Å²) in [6.07, 6.45) is 1.88. The lowest BCUT2D eigenvalue weighted by atomic mass is 9.95. The summed E-state index contributed by atoms with van der Waals surface area (Å²) in [4.78, 5) is 11.7. The summed E-state index contributed by atoms with van der Waals surface area (Å²) in [5.41, 5.74) is 0.774. The van der Waals surface area contributed by atoms with Crippen molar-refractivity contribution in [3.63, 3.8) is 0 Å². The molecule has 0 N–H and O–H groups in total. The van der Waals surface area contributed by atoms with E-state index in [1.54, 1.807) is 0 Å². The summed E-state index contributed by atoms with van der Waals surface area (Å²) in [7, 11) is 0. The Morgan fingerprint density at radius 1 is 1.38 bits per heavy atom. The maximum absolute atomic E-state index is 11.7. The third kappa shape index (κ3) is 2.69. The number of hydrogen-bond acceptors (Lipinski definition) is 1. The van der Waals surface area contributed by atoms with Gasteiger partial charge in [-0.15, -0.1) is 0 Å². The first-order chi connectivity index (χ1) is 6.25. The second kappa shape index (κ2) is 4.80. The maximum Gasteiger partial charge on any atom is 0.165 e. The number of carbonyl (C=O) groups is 1. The van der Waals surface area contributed by atoms with E-state index < -0.39 is 0 Å². The Hall–Kier alpha value is -1.11. The topological polar surface area (TPSA) is 17.1 Å². The molecule has 1 radical (unpaired) electrons. The molecule has 13 heavy (non-hydrogen) atoms. The largest absolute Gasteiger partial charge is 0.294 e. The van der Waals surface area contributed by atoms with E-state index in [1.807, 2.05) is 30.3 Å². The molecule has 0 aromatic heterocycles. The number of Topliss-reactive ketones (excluding diaryl/α,β-unsaturated/α-hetero) is 1. The van der Waals surface area contributed by atoms with E-state index in [1.165, 1.54) is 0 Å². The number of ketones is 1. The van der Waals surface area contributed by atoms with Gasteiger partial charge in [-0.1, -0.05) is 43.7 Å². The summed E-state index contributed by atoms with van der Waals surface area (Å²) in [5.74, 6) is 0.0647. The van der Waals surface area contributed by atoms with Crippen LogP contribution in [-0.2, 0) is 0 Å². The maximum atomic E-state index is 11.7. The first kappa shape index (κ1) is 9.97. The molecule has 1 heteroatoms. The average Bonchev–Trinajstić information content (AvgIpc) is 2.18. The Morgan fingerprint density at radius 2 is 2.00 bits per heavy atom. The molecule has 1 unspecified atom stereocenters. The molecule has 0 aliphatic carbocycles. The highest BCUT2D eigenvalue weighted by atomic mass is 16.1. The molecule has 1 nitrogen and oxygen atoms in total. The predicted octanol–water partition coefficient (Wildman–Crippen LogP) is 3.12.